The second-order valence-corrected chi connectivity index (χ2v) is 13.4. The van der Waals surface area contributed by atoms with Crippen molar-refractivity contribution in [2.45, 2.75) is 85.2 Å². The molecule has 0 aromatic heterocycles. The molecule has 0 spiro atoms. The Balaban J connectivity index is 1.48. The lowest BCUT2D eigenvalue weighted by atomic mass is 10.0. The topological polar surface area (TPSA) is 91.0 Å². The molecule has 0 saturated carbocycles. The summed E-state index contributed by atoms with van der Waals surface area (Å²) in [5.41, 5.74) is 4.48. The third kappa shape index (κ3) is 11.5. The van der Waals surface area contributed by atoms with Crippen LogP contribution in [0, 0.1) is 11.8 Å². The lowest BCUT2D eigenvalue weighted by molar-refractivity contribution is -0.133. The lowest BCUT2D eigenvalue weighted by Crippen LogP contribution is -2.58. The zero-order valence-electron chi connectivity index (χ0n) is 28.5. The third-order valence-corrected chi connectivity index (χ3v) is 8.54. The largest absolute Gasteiger partial charge is 0.445 e. The monoisotopic (exact) mass is 640 g/mol. The van der Waals surface area contributed by atoms with Gasteiger partial charge in [0, 0.05) is 38.3 Å². The van der Waals surface area contributed by atoms with Crippen LogP contribution in [-0.4, -0.2) is 54.5 Å². The summed E-state index contributed by atoms with van der Waals surface area (Å²) < 4.78 is 5.44. The van der Waals surface area contributed by atoms with Crippen LogP contribution in [0.15, 0.2) is 84.9 Å². The maximum atomic E-state index is 13.9. The molecule has 47 heavy (non-hydrogen) atoms. The number of anilines is 1. The van der Waals surface area contributed by atoms with E-state index < -0.39 is 18.3 Å². The highest BCUT2D eigenvalue weighted by atomic mass is 16.5. The molecule has 8 heteroatoms. The Morgan fingerprint density at radius 2 is 1.45 bits per heavy atom. The van der Waals surface area contributed by atoms with Crippen molar-refractivity contribution in [2.75, 3.05) is 24.5 Å². The Kier molecular flexibility index (Phi) is 13.8. The number of nitrogens with one attached hydrogen (secondary N) is 2. The number of carbonyl (C=O) groups excluding carboxylic acids is 3. The van der Waals surface area contributed by atoms with Gasteiger partial charge in [0.25, 0.3) is 0 Å². The molecule has 2 amide bonds. The second-order valence-electron chi connectivity index (χ2n) is 13.4. The van der Waals surface area contributed by atoms with E-state index in [2.05, 4.69) is 76.7 Å². The number of alkyl carbamates (subject to hydrolysis) is 1. The van der Waals surface area contributed by atoms with Gasteiger partial charge in [0.15, 0.2) is 5.78 Å². The first-order valence-electron chi connectivity index (χ1n) is 17.1. The van der Waals surface area contributed by atoms with Crippen LogP contribution >= 0.6 is 0 Å². The van der Waals surface area contributed by atoms with Gasteiger partial charge in [0.2, 0.25) is 5.91 Å². The molecule has 2 N–H and O–H groups in total. The van der Waals surface area contributed by atoms with Crippen molar-refractivity contribution < 1.29 is 19.1 Å². The molecule has 1 heterocycles. The average molecular weight is 641 g/mol. The number of hydrogen-bond donors (Lipinski definition) is 2. The zero-order valence-corrected chi connectivity index (χ0v) is 28.5. The number of hydrogen-bond acceptors (Lipinski definition) is 6. The summed E-state index contributed by atoms with van der Waals surface area (Å²) in [7, 11) is 0. The Labute approximate surface area is 280 Å². The van der Waals surface area contributed by atoms with E-state index in [0.717, 1.165) is 43.5 Å². The van der Waals surface area contributed by atoms with Gasteiger partial charge < -0.3 is 20.3 Å². The fraction of sp³-hybridized carbons (Fsp3) is 0.462. The van der Waals surface area contributed by atoms with E-state index in [-0.39, 0.29) is 24.2 Å². The molecule has 1 unspecified atom stereocenters. The molecule has 252 valence electrons. The lowest BCUT2D eigenvalue weighted by Gasteiger charge is -2.32. The van der Waals surface area contributed by atoms with Crippen molar-refractivity contribution in [1.29, 1.82) is 0 Å². The molecule has 3 aromatic carbocycles. The Morgan fingerprint density at radius 3 is 2.13 bits per heavy atom. The van der Waals surface area contributed by atoms with E-state index in [1.165, 1.54) is 11.3 Å². The molecule has 2 atom stereocenters. The van der Waals surface area contributed by atoms with Gasteiger partial charge >= 0.3 is 6.09 Å². The highest BCUT2D eigenvalue weighted by Gasteiger charge is 2.33. The van der Waals surface area contributed by atoms with Gasteiger partial charge in [0.05, 0.1) is 0 Å². The number of para-hydroxylation sites is 1. The van der Waals surface area contributed by atoms with Crippen LogP contribution in [0.4, 0.5) is 10.5 Å². The number of carbonyl (C=O) groups is 3. The smallest absolute Gasteiger partial charge is 0.408 e. The predicted octanol–water partition coefficient (Wildman–Crippen LogP) is 6.73. The number of nitrogens with zero attached hydrogens (tertiary/aromatic N) is 2. The standard InChI is InChI=1S/C39H52N4O4/c1-29(2)21-22-36(44)37(41-38(45)34(26-30(3)4)40-39(46)47-28-32-16-9-6-10-17-32)43-25-24-42(35-20-12-11-19-33(35)27-43)23-13-18-31-14-7-5-8-15-31/h5-12,14-17,19-20,29-30,34,37H,13,18,21-28H2,1-4H3,(H,40,46)(H,41,45)/t34-,37?/m0/s1. The quantitative estimate of drug-likeness (QED) is 0.181. The third-order valence-electron chi connectivity index (χ3n) is 8.54. The molecule has 0 aliphatic carbocycles. The highest BCUT2D eigenvalue weighted by molar-refractivity contribution is 5.92. The van der Waals surface area contributed by atoms with Crippen molar-refractivity contribution in [3.63, 3.8) is 0 Å². The Bertz CT molecular complexity index is 1410. The molecule has 3 aromatic rings. The Morgan fingerprint density at radius 1 is 0.787 bits per heavy atom. The van der Waals surface area contributed by atoms with E-state index in [1.54, 1.807) is 0 Å². The van der Waals surface area contributed by atoms with Crippen LogP contribution in [0.3, 0.4) is 0 Å². The van der Waals surface area contributed by atoms with Crippen molar-refractivity contribution in [2.24, 2.45) is 11.8 Å². The number of fused-ring (bicyclic) bond motifs is 1. The molecule has 0 fully saturated rings. The van der Waals surface area contributed by atoms with Gasteiger partial charge in [-0.3, -0.25) is 14.5 Å². The summed E-state index contributed by atoms with van der Waals surface area (Å²) in [6.45, 7) is 11.1. The molecule has 0 bridgehead atoms. The zero-order chi connectivity index (χ0) is 33.6. The number of benzene rings is 3. The van der Waals surface area contributed by atoms with E-state index >= 15 is 0 Å². The Hall–Kier alpha value is -4.17. The number of Topliss-reactive ketones (excluding diaryl/α,β-unsaturated/α-hetero) is 1. The minimum absolute atomic E-state index is 0.0167. The minimum Gasteiger partial charge on any atom is -0.445 e. The number of ether oxygens (including phenoxy) is 1. The summed E-state index contributed by atoms with van der Waals surface area (Å²) in [5, 5.41) is 5.86. The molecule has 8 nitrogen and oxygen atoms in total. The van der Waals surface area contributed by atoms with Crippen LogP contribution in [-0.2, 0) is 33.9 Å². The number of aryl methyl sites for hydroxylation is 1. The average Bonchev–Trinajstić information content (AvgIpc) is 3.25. The first-order valence-corrected chi connectivity index (χ1v) is 17.1. The maximum absolute atomic E-state index is 13.9. The van der Waals surface area contributed by atoms with Crippen LogP contribution in [0.25, 0.3) is 0 Å². The van der Waals surface area contributed by atoms with Crippen molar-refractivity contribution >= 4 is 23.5 Å². The van der Waals surface area contributed by atoms with Gasteiger partial charge in [-0.2, -0.15) is 0 Å². The fourth-order valence-electron chi connectivity index (χ4n) is 5.98. The molecule has 1 aliphatic heterocycles. The summed E-state index contributed by atoms with van der Waals surface area (Å²) in [5.74, 6) is 0.0901. The summed E-state index contributed by atoms with van der Waals surface area (Å²) >= 11 is 0. The number of rotatable bonds is 16. The summed E-state index contributed by atoms with van der Waals surface area (Å²) in [6.07, 6.45) is 2.05. The molecule has 1 aliphatic rings. The maximum Gasteiger partial charge on any atom is 0.408 e. The van der Waals surface area contributed by atoms with Crippen molar-refractivity contribution in [3.05, 3.63) is 102 Å². The van der Waals surface area contributed by atoms with Crippen molar-refractivity contribution in [1.82, 2.24) is 15.5 Å². The van der Waals surface area contributed by atoms with Gasteiger partial charge in [-0.15, -0.1) is 0 Å². The summed E-state index contributed by atoms with van der Waals surface area (Å²) in [6, 6.07) is 27.5. The number of ketones is 1. The van der Waals surface area contributed by atoms with Crippen LogP contribution in [0.1, 0.15) is 70.1 Å². The normalized spacial score (nSPS) is 14.6. The van der Waals surface area contributed by atoms with E-state index in [0.29, 0.717) is 31.8 Å². The first kappa shape index (κ1) is 35.7. The fourth-order valence-corrected chi connectivity index (χ4v) is 5.98. The van der Waals surface area contributed by atoms with Gasteiger partial charge in [-0.25, -0.2) is 4.79 Å². The molecule has 0 radical (unpaired) electrons. The SMILES string of the molecule is CC(C)CCC(=O)C(NC(=O)[C@H](CC(C)C)NC(=O)OCc1ccccc1)N1CCN(CCCc2ccccc2)c2ccccc2C1. The molecular formula is C39H52N4O4. The van der Waals surface area contributed by atoms with Crippen LogP contribution in [0.2, 0.25) is 0 Å². The van der Waals surface area contributed by atoms with Crippen molar-refractivity contribution in [3.8, 4) is 0 Å². The minimum atomic E-state index is -0.840. The summed E-state index contributed by atoms with van der Waals surface area (Å²) in [4.78, 5) is 45.1. The van der Waals surface area contributed by atoms with E-state index in [1.807, 2.05) is 56.3 Å². The van der Waals surface area contributed by atoms with Crippen LogP contribution in [0.5, 0.6) is 0 Å². The molecule has 0 saturated heterocycles. The highest BCUT2D eigenvalue weighted by Crippen LogP contribution is 2.27. The van der Waals surface area contributed by atoms with Crippen LogP contribution < -0.4 is 15.5 Å². The van der Waals surface area contributed by atoms with Gasteiger partial charge in [-0.1, -0.05) is 107 Å². The van der Waals surface area contributed by atoms with Gasteiger partial charge in [-0.05, 0) is 60.3 Å². The predicted molar refractivity (Wildman–Crippen MR) is 188 cm³/mol. The molecular weight excluding hydrogens is 588 g/mol. The van der Waals surface area contributed by atoms with E-state index in [4.69, 9.17) is 4.74 Å². The molecule has 4 rings (SSSR count). The first-order chi connectivity index (χ1) is 22.7. The number of amides is 2. The second kappa shape index (κ2) is 18.2. The van der Waals surface area contributed by atoms with Gasteiger partial charge in [0.1, 0.15) is 18.8 Å². The van der Waals surface area contributed by atoms with E-state index in [9.17, 15) is 14.4 Å².